The van der Waals surface area contributed by atoms with E-state index in [-0.39, 0.29) is 11.8 Å². The lowest BCUT2D eigenvalue weighted by Gasteiger charge is -2.35. The fourth-order valence-corrected chi connectivity index (χ4v) is 4.10. The van der Waals surface area contributed by atoms with E-state index >= 15 is 0 Å². The maximum absolute atomic E-state index is 13.5. The molecule has 2 amide bonds. The number of rotatable bonds is 3. The van der Waals surface area contributed by atoms with Crippen molar-refractivity contribution in [3.05, 3.63) is 70.4 Å². The number of amides is 2. The number of halogens is 1. The predicted molar refractivity (Wildman–Crippen MR) is 116 cm³/mol. The average Bonchev–Trinajstić information content (AvgIpc) is 2.74. The third-order valence-electron chi connectivity index (χ3n) is 5.73. The maximum atomic E-state index is 13.5. The van der Waals surface area contributed by atoms with E-state index in [1.807, 2.05) is 31.3 Å². The van der Waals surface area contributed by atoms with E-state index in [9.17, 15) is 9.59 Å². The molecule has 5 nitrogen and oxygen atoms in total. The molecule has 0 atom stereocenters. The largest absolute Gasteiger partial charge is 0.374 e. The van der Waals surface area contributed by atoms with Crippen molar-refractivity contribution in [2.45, 2.75) is 13.8 Å². The molecular formula is C23H24ClN3O2. The summed E-state index contributed by atoms with van der Waals surface area (Å²) in [5.41, 5.74) is 3.01. The number of benzene rings is 2. The Balaban J connectivity index is 1.78. The van der Waals surface area contributed by atoms with Gasteiger partial charge in [-0.15, -0.1) is 0 Å². The standard InChI is InChI=1S/C23H24ClN3O2/c1-3-25-11-13-26(14-12-25)15-19-17-7-4-5-8-18(17)22(28)27(23(19)29)21-10-6-9-20(24)16(21)2/h4-10,15H,3,11-14H2,1-2H3. The first kappa shape index (κ1) is 19.7. The van der Waals surface area contributed by atoms with Crippen LogP contribution in [0.2, 0.25) is 5.02 Å². The van der Waals surface area contributed by atoms with Gasteiger partial charge in [-0.1, -0.05) is 42.8 Å². The Morgan fingerprint density at radius 1 is 0.931 bits per heavy atom. The number of fused-ring (bicyclic) bond motifs is 1. The van der Waals surface area contributed by atoms with E-state index in [4.69, 9.17) is 11.6 Å². The van der Waals surface area contributed by atoms with E-state index in [0.29, 0.717) is 33.0 Å². The van der Waals surface area contributed by atoms with Crippen molar-refractivity contribution in [1.82, 2.24) is 9.80 Å². The minimum Gasteiger partial charge on any atom is -0.374 e. The fraction of sp³-hybridized carbons (Fsp3) is 0.304. The first-order valence-electron chi connectivity index (χ1n) is 9.92. The smallest absolute Gasteiger partial charge is 0.267 e. The quantitative estimate of drug-likeness (QED) is 0.571. The predicted octanol–water partition coefficient (Wildman–Crippen LogP) is 3.81. The normalized spacial score (nSPS) is 19.1. The van der Waals surface area contributed by atoms with Gasteiger partial charge in [0, 0.05) is 48.5 Å². The molecule has 2 aromatic carbocycles. The van der Waals surface area contributed by atoms with Crippen LogP contribution in [0.15, 0.2) is 48.7 Å². The van der Waals surface area contributed by atoms with Gasteiger partial charge in [0.2, 0.25) is 0 Å². The van der Waals surface area contributed by atoms with Gasteiger partial charge in [-0.25, -0.2) is 4.90 Å². The summed E-state index contributed by atoms with van der Waals surface area (Å²) in [6.45, 7) is 8.66. The lowest BCUT2D eigenvalue weighted by molar-refractivity contribution is -0.112. The van der Waals surface area contributed by atoms with Gasteiger partial charge in [-0.05, 0) is 37.2 Å². The SMILES string of the molecule is CCN1CCN(C=C2C(=O)N(c3cccc(Cl)c3C)C(=O)c3ccccc32)CC1. The molecule has 6 heteroatoms. The summed E-state index contributed by atoms with van der Waals surface area (Å²) in [5.74, 6) is -0.624. The Bertz CT molecular complexity index is 993. The molecule has 2 heterocycles. The second-order valence-corrected chi connectivity index (χ2v) is 7.80. The lowest BCUT2D eigenvalue weighted by Crippen LogP contribution is -2.45. The summed E-state index contributed by atoms with van der Waals surface area (Å²) in [4.78, 5) is 32.6. The van der Waals surface area contributed by atoms with Crippen LogP contribution in [0.3, 0.4) is 0 Å². The summed E-state index contributed by atoms with van der Waals surface area (Å²) >= 11 is 6.27. The highest BCUT2D eigenvalue weighted by Crippen LogP contribution is 2.35. The van der Waals surface area contributed by atoms with Gasteiger partial charge in [0.15, 0.2) is 0 Å². The number of imide groups is 1. The molecule has 29 heavy (non-hydrogen) atoms. The second kappa shape index (κ2) is 8.01. The minimum atomic E-state index is -0.316. The molecule has 0 spiro atoms. The number of anilines is 1. The van der Waals surface area contributed by atoms with Crippen LogP contribution in [-0.2, 0) is 4.79 Å². The van der Waals surface area contributed by atoms with Crippen molar-refractivity contribution < 1.29 is 9.59 Å². The van der Waals surface area contributed by atoms with Crippen molar-refractivity contribution in [2.75, 3.05) is 37.6 Å². The first-order chi connectivity index (χ1) is 14.0. The van der Waals surface area contributed by atoms with Gasteiger partial charge in [0.1, 0.15) is 0 Å². The zero-order valence-corrected chi connectivity index (χ0v) is 17.4. The number of carbonyl (C=O) groups is 2. The van der Waals surface area contributed by atoms with Gasteiger partial charge in [-0.3, -0.25) is 9.59 Å². The fourth-order valence-electron chi connectivity index (χ4n) is 3.93. The van der Waals surface area contributed by atoms with Crippen molar-refractivity contribution >= 4 is 34.7 Å². The Kier molecular flexibility index (Phi) is 5.43. The molecule has 0 unspecified atom stereocenters. The van der Waals surface area contributed by atoms with E-state index in [1.54, 1.807) is 24.3 Å². The number of piperazine rings is 1. The molecule has 2 aliphatic rings. The van der Waals surface area contributed by atoms with Crippen LogP contribution in [0.1, 0.15) is 28.4 Å². The molecule has 0 radical (unpaired) electrons. The van der Waals surface area contributed by atoms with Crippen molar-refractivity contribution in [3.8, 4) is 0 Å². The van der Waals surface area contributed by atoms with Crippen molar-refractivity contribution in [2.24, 2.45) is 0 Å². The monoisotopic (exact) mass is 409 g/mol. The van der Waals surface area contributed by atoms with Gasteiger partial charge in [0.05, 0.1) is 11.3 Å². The van der Waals surface area contributed by atoms with Crippen LogP contribution in [0.25, 0.3) is 5.57 Å². The number of carbonyl (C=O) groups excluding carboxylic acids is 2. The first-order valence-corrected chi connectivity index (χ1v) is 10.3. The Morgan fingerprint density at radius 2 is 1.62 bits per heavy atom. The minimum absolute atomic E-state index is 0.308. The Labute approximate surface area is 176 Å². The molecule has 0 aliphatic carbocycles. The number of hydrogen-bond acceptors (Lipinski definition) is 4. The topological polar surface area (TPSA) is 43.9 Å². The summed E-state index contributed by atoms with van der Waals surface area (Å²) in [6.07, 6.45) is 1.92. The maximum Gasteiger partial charge on any atom is 0.267 e. The van der Waals surface area contributed by atoms with E-state index in [2.05, 4.69) is 16.7 Å². The molecule has 0 N–H and O–H groups in total. The molecule has 4 rings (SSSR count). The summed E-state index contributed by atoms with van der Waals surface area (Å²) in [7, 11) is 0. The molecule has 0 saturated carbocycles. The van der Waals surface area contributed by atoms with E-state index in [0.717, 1.165) is 32.7 Å². The molecule has 0 aromatic heterocycles. The highest BCUT2D eigenvalue weighted by Gasteiger charge is 2.37. The van der Waals surface area contributed by atoms with Gasteiger partial charge >= 0.3 is 0 Å². The van der Waals surface area contributed by atoms with Gasteiger partial charge in [0.25, 0.3) is 11.8 Å². The van der Waals surface area contributed by atoms with Crippen LogP contribution < -0.4 is 4.90 Å². The van der Waals surface area contributed by atoms with E-state index in [1.165, 1.54) is 4.90 Å². The summed E-state index contributed by atoms with van der Waals surface area (Å²) in [5, 5.41) is 0.531. The summed E-state index contributed by atoms with van der Waals surface area (Å²) < 4.78 is 0. The number of likely N-dealkylation sites (N-methyl/N-ethyl adjacent to an activating group) is 1. The lowest BCUT2D eigenvalue weighted by atomic mass is 9.93. The summed E-state index contributed by atoms with van der Waals surface area (Å²) in [6, 6.07) is 12.6. The van der Waals surface area contributed by atoms with Crippen LogP contribution >= 0.6 is 11.6 Å². The number of nitrogens with zero attached hydrogens (tertiary/aromatic N) is 3. The van der Waals surface area contributed by atoms with Crippen LogP contribution in [0, 0.1) is 6.92 Å². The van der Waals surface area contributed by atoms with Crippen LogP contribution in [-0.4, -0.2) is 54.3 Å². The number of hydrogen-bond donors (Lipinski definition) is 0. The van der Waals surface area contributed by atoms with Gasteiger partial charge < -0.3 is 9.80 Å². The third kappa shape index (κ3) is 3.56. The molecule has 1 fully saturated rings. The third-order valence-corrected chi connectivity index (χ3v) is 6.14. The zero-order chi connectivity index (χ0) is 20.5. The highest BCUT2D eigenvalue weighted by molar-refractivity contribution is 6.41. The molecular weight excluding hydrogens is 386 g/mol. The molecule has 150 valence electrons. The Hall–Kier alpha value is -2.63. The van der Waals surface area contributed by atoms with Crippen molar-refractivity contribution in [3.63, 3.8) is 0 Å². The van der Waals surface area contributed by atoms with Gasteiger partial charge in [-0.2, -0.15) is 0 Å². The van der Waals surface area contributed by atoms with Crippen LogP contribution in [0.4, 0.5) is 5.69 Å². The molecule has 2 aliphatic heterocycles. The van der Waals surface area contributed by atoms with E-state index < -0.39 is 0 Å². The molecule has 2 aromatic rings. The van der Waals surface area contributed by atoms with Crippen molar-refractivity contribution in [1.29, 1.82) is 0 Å². The second-order valence-electron chi connectivity index (χ2n) is 7.39. The molecule has 0 bridgehead atoms. The Morgan fingerprint density at radius 3 is 2.31 bits per heavy atom. The molecule has 1 saturated heterocycles. The average molecular weight is 410 g/mol. The zero-order valence-electron chi connectivity index (χ0n) is 16.7. The van der Waals surface area contributed by atoms with Crippen LogP contribution in [0.5, 0.6) is 0 Å². The highest BCUT2D eigenvalue weighted by atomic mass is 35.5.